The van der Waals surface area contributed by atoms with Gasteiger partial charge in [0.15, 0.2) is 0 Å². The summed E-state index contributed by atoms with van der Waals surface area (Å²) in [5.74, 6) is 0.616. The number of hydrogen-bond donors (Lipinski definition) is 1. The van der Waals surface area contributed by atoms with E-state index in [4.69, 9.17) is 9.47 Å². The number of benzene rings is 2. The van der Waals surface area contributed by atoms with Crippen molar-refractivity contribution in [2.45, 2.75) is 31.9 Å². The van der Waals surface area contributed by atoms with Gasteiger partial charge in [-0.3, -0.25) is 9.69 Å². The molecular weight excluding hydrogens is 364 g/mol. The number of para-hydroxylation sites is 1. The molecule has 2 aromatic carbocycles. The van der Waals surface area contributed by atoms with Gasteiger partial charge in [-0.25, -0.2) is 0 Å². The summed E-state index contributed by atoms with van der Waals surface area (Å²) < 4.78 is 11.4. The van der Waals surface area contributed by atoms with E-state index in [9.17, 15) is 4.79 Å². The molecule has 150 valence electrons. The van der Waals surface area contributed by atoms with E-state index in [0.29, 0.717) is 24.0 Å². The van der Waals surface area contributed by atoms with Crippen molar-refractivity contribution in [2.24, 2.45) is 0 Å². The summed E-state index contributed by atoms with van der Waals surface area (Å²) in [5.41, 5.74) is 5.93. The number of carbonyl (C=O) groups is 1. The van der Waals surface area contributed by atoms with Gasteiger partial charge in [-0.1, -0.05) is 36.4 Å². The van der Waals surface area contributed by atoms with Crippen molar-refractivity contribution in [1.82, 2.24) is 4.90 Å². The van der Waals surface area contributed by atoms with E-state index in [2.05, 4.69) is 28.4 Å². The molecule has 1 N–H and O–H groups in total. The number of likely N-dealkylation sites (tertiary alicyclic amines) is 1. The number of fused-ring (bicyclic) bond motifs is 2. The minimum atomic E-state index is -0.0867. The van der Waals surface area contributed by atoms with Gasteiger partial charge >= 0.3 is 0 Å². The third-order valence-electron chi connectivity index (χ3n) is 6.23. The van der Waals surface area contributed by atoms with Crippen LogP contribution in [0.2, 0.25) is 0 Å². The van der Waals surface area contributed by atoms with Crippen molar-refractivity contribution in [1.29, 1.82) is 0 Å². The highest BCUT2D eigenvalue weighted by Gasteiger charge is 2.32. The van der Waals surface area contributed by atoms with E-state index >= 15 is 0 Å². The highest BCUT2D eigenvalue weighted by Crippen LogP contribution is 2.41. The Morgan fingerprint density at radius 1 is 1.21 bits per heavy atom. The van der Waals surface area contributed by atoms with Crippen LogP contribution in [0, 0.1) is 0 Å². The maximum Gasteiger partial charge on any atom is 0.260 e. The van der Waals surface area contributed by atoms with Crippen molar-refractivity contribution in [3.8, 4) is 0 Å². The van der Waals surface area contributed by atoms with Crippen LogP contribution in [0.15, 0.2) is 42.5 Å². The first-order chi connectivity index (χ1) is 14.2. The molecule has 3 aliphatic heterocycles. The van der Waals surface area contributed by atoms with Gasteiger partial charge in [0, 0.05) is 42.1 Å². The van der Waals surface area contributed by atoms with E-state index < -0.39 is 0 Å². The standard InChI is InChI=1S/C24H26N2O3/c1-28-15-18-5-4-11-26(18)12-10-16-8-9-19-17(13-16)14-29-23(19)22-20-6-2-3-7-21(20)25-24(22)27/h2-3,6-9,13,18H,4-5,10-12,14-15H2,1H3,(H,25,27)/b23-22+. The summed E-state index contributed by atoms with van der Waals surface area (Å²) in [4.78, 5) is 15.1. The zero-order chi connectivity index (χ0) is 19.8. The Hall–Kier alpha value is -2.63. The van der Waals surface area contributed by atoms with Gasteiger partial charge in [-0.05, 0) is 37.4 Å². The van der Waals surface area contributed by atoms with Crippen LogP contribution in [-0.2, 0) is 27.3 Å². The predicted molar refractivity (Wildman–Crippen MR) is 113 cm³/mol. The van der Waals surface area contributed by atoms with E-state index in [1.807, 2.05) is 24.3 Å². The lowest BCUT2D eigenvalue weighted by molar-refractivity contribution is -0.110. The van der Waals surface area contributed by atoms with E-state index in [-0.39, 0.29) is 5.91 Å². The van der Waals surface area contributed by atoms with Gasteiger partial charge < -0.3 is 14.8 Å². The molecule has 1 unspecified atom stereocenters. The lowest BCUT2D eigenvalue weighted by Crippen LogP contribution is -2.34. The number of amides is 1. The molecular formula is C24H26N2O3. The number of anilines is 1. The Labute approximate surface area is 171 Å². The van der Waals surface area contributed by atoms with Gasteiger partial charge in [0.25, 0.3) is 5.91 Å². The number of nitrogens with one attached hydrogen (secondary N) is 1. The summed E-state index contributed by atoms with van der Waals surface area (Å²) in [5, 5.41) is 2.94. The average Bonchev–Trinajstić information content (AvgIpc) is 3.42. The number of carbonyl (C=O) groups excluding carboxylic acids is 1. The highest BCUT2D eigenvalue weighted by molar-refractivity contribution is 6.36. The van der Waals surface area contributed by atoms with Crippen LogP contribution in [0.3, 0.4) is 0 Å². The first-order valence-electron chi connectivity index (χ1n) is 10.4. The molecule has 1 saturated heterocycles. The smallest absolute Gasteiger partial charge is 0.260 e. The second-order valence-corrected chi connectivity index (χ2v) is 8.02. The molecule has 5 heteroatoms. The predicted octanol–water partition coefficient (Wildman–Crippen LogP) is 3.69. The van der Waals surface area contributed by atoms with E-state index in [1.54, 1.807) is 7.11 Å². The summed E-state index contributed by atoms with van der Waals surface area (Å²) in [6.07, 6.45) is 3.50. The van der Waals surface area contributed by atoms with Gasteiger partial charge in [0.2, 0.25) is 0 Å². The fraction of sp³-hybridized carbons (Fsp3) is 0.375. The van der Waals surface area contributed by atoms with Crippen molar-refractivity contribution in [2.75, 3.05) is 32.1 Å². The lowest BCUT2D eigenvalue weighted by Gasteiger charge is -2.23. The molecule has 5 nitrogen and oxygen atoms in total. The van der Waals surface area contributed by atoms with Crippen molar-refractivity contribution < 1.29 is 14.3 Å². The molecule has 1 fully saturated rings. The quantitative estimate of drug-likeness (QED) is 0.791. The van der Waals surface area contributed by atoms with Gasteiger partial charge in [0.05, 0.1) is 12.2 Å². The lowest BCUT2D eigenvalue weighted by atomic mass is 9.98. The zero-order valence-electron chi connectivity index (χ0n) is 16.7. The Morgan fingerprint density at radius 3 is 3.00 bits per heavy atom. The van der Waals surface area contributed by atoms with Gasteiger partial charge in [-0.2, -0.15) is 0 Å². The topological polar surface area (TPSA) is 50.8 Å². The van der Waals surface area contributed by atoms with Crippen LogP contribution in [-0.4, -0.2) is 43.7 Å². The number of methoxy groups -OCH3 is 1. The fourth-order valence-electron chi connectivity index (χ4n) is 4.76. The fourth-order valence-corrected chi connectivity index (χ4v) is 4.76. The number of rotatable bonds is 5. The summed E-state index contributed by atoms with van der Waals surface area (Å²) in [6.45, 7) is 3.55. The van der Waals surface area contributed by atoms with Gasteiger partial charge in [-0.15, -0.1) is 0 Å². The third kappa shape index (κ3) is 3.34. The van der Waals surface area contributed by atoms with E-state index in [0.717, 1.165) is 48.5 Å². The van der Waals surface area contributed by atoms with Crippen molar-refractivity contribution >= 4 is 22.9 Å². The zero-order valence-corrected chi connectivity index (χ0v) is 16.7. The molecule has 0 bridgehead atoms. The molecule has 1 amide bonds. The molecule has 0 aromatic heterocycles. The molecule has 3 heterocycles. The molecule has 1 atom stereocenters. The molecule has 29 heavy (non-hydrogen) atoms. The van der Waals surface area contributed by atoms with Gasteiger partial charge in [0.1, 0.15) is 12.4 Å². The number of nitrogens with zero attached hydrogens (tertiary/aromatic N) is 1. The minimum Gasteiger partial charge on any atom is -0.487 e. The Balaban J connectivity index is 1.37. The monoisotopic (exact) mass is 390 g/mol. The first kappa shape index (κ1) is 18.4. The molecule has 0 saturated carbocycles. The maximum absolute atomic E-state index is 12.6. The summed E-state index contributed by atoms with van der Waals surface area (Å²) >= 11 is 0. The molecule has 0 spiro atoms. The number of hydrogen-bond acceptors (Lipinski definition) is 4. The summed E-state index contributed by atoms with van der Waals surface area (Å²) in [6, 6.07) is 14.9. The molecule has 5 rings (SSSR count). The molecule has 0 aliphatic carbocycles. The third-order valence-corrected chi connectivity index (χ3v) is 6.23. The van der Waals surface area contributed by atoms with E-state index in [1.165, 1.54) is 18.4 Å². The van der Waals surface area contributed by atoms with Crippen LogP contribution in [0.25, 0.3) is 11.3 Å². The SMILES string of the molecule is COCC1CCCN1CCc1ccc2c(c1)CO/C2=C1/C(=O)Nc2ccccc21. The largest absolute Gasteiger partial charge is 0.487 e. The van der Waals surface area contributed by atoms with Crippen LogP contribution in [0.5, 0.6) is 0 Å². The summed E-state index contributed by atoms with van der Waals surface area (Å²) in [7, 11) is 1.78. The second kappa shape index (κ2) is 7.65. The number of ether oxygens (including phenoxy) is 2. The van der Waals surface area contributed by atoms with Crippen LogP contribution < -0.4 is 5.32 Å². The Kier molecular flexibility index (Phi) is 4.86. The highest BCUT2D eigenvalue weighted by atomic mass is 16.5. The van der Waals surface area contributed by atoms with Crippen LogP contribution in [0.1, 0.15) is 35.1 Å². The molecule has 0 radical (unpaired) electrons. The minimum absolute atomic E-state index is 0.0867. The first-order valence-corrected chi connectivity index (χ1v) is 10.4. The second-order valence-electron chi connectivity index (χ2n) is 8.02. The maximum atomic E-state index is 12.6. The molecule has 3 aliphatic rings. The van der Waals surface area contributed by atoms with Crippen molar-refractivity contribution in [3.63, 3.8) is 0 Å². The normalized spacial score (nSPS) is 23.1. The molecule has 2 aromatic rings. The van der Waals surface area contributed by atoms with Crippen molar-refractivity contribution in [3.05, 3.63) is 64.7 Å². The Morgan fingerprint density at radius 2 is 2.10 bits per heavy atom. The Bertz CT molecular complexity index is 982. The van der Waals surface area contributed by atoms with Crippen LogP contribution >= 0.6 is 0 Å². The van der Waals surface area contributed by atoms with Crippen LogP contribution in [0.4, 0.5) is 5.69 Å². The average molecular weight is 390 g/mol.